The number of halogens is 3. The van der Waals surface area contributed by atoms with Gasteiger partial charge in [-0.25, -0.2) is 0 Å². The molecule has 0 saturated carbocycles. The molecule has 0 aliphatic carbocycles. The third-order valence-electron chi connectivity index (χ3n) is 3.39. The third-order valence-corrected chi connectivity index (χ3v) is 4.32. The summed E-state index contributed by atoms with van der Waals surface area (Å²) in [6, 6.07) is 4.83. The molecule has 4 nitrogen and oxygen atoms in total. The maximum Gasteiger partial charge on any atom is 0.254 e. The highest BCUT2D eigenvalue weighted by molar-refractivity contribution is 6.42. The number of nitrogens with zero attached hydrogens (tertiary/aromatic N) is 2. The van der Waals surface area contributed by atoms with E-state index in [1.807, 2.05) is 0 Å². The van der Waals surface area contributed by atoms with Gasteiger partial charge >= 0.3 is 0 Å². The molecule has 0 unspecified atom stereocenters. The zero-order valence-corrected chi connectivity index (χ0v) is 13.6. The lowest BCUT2D eigenvalue weighted by Crippen LogP contribution is -2.50. The van der Waals surface area contributed by atoms with Crippen LogP contribution >= 0.6 is 34.8 Å². The second-order valence-corrected chi connectivity index (χ2v) is 5.93. The van der Waals surface area contributed by atoms with Crippen molar-refractivity contribution in [3.63, 3.8) is 0 Å². The normalized spacial score (nSPS) is 15.2. The Balaban J connectivity index is 1.97. The van der Waals surface area contributed by atoms with Crippen LogP contribution in [-0.2, 0) is 4.79 Å². The number of rotatable bonds is 3. The largest absolute Gasteiger partial charge is 0.339 e. The fourth-order valence-corrected chi connectivity index (χ4v) is 2.67. The van der Waals surface area contributed by atoms with Crippen LogP contribution in [0.5, 0.6) is 0 Å². The van der Waals surface area contributed by atoms with Gasteiger partial charge in [-0.15, -0.1) is 11.6 Å². The van der Waals surface area contributed by atoms with Gasteiger partial charge < -0.3 is 9.80 Å². The number of benzene rings is 1. The van der Waals surface area contributed by atoms with Crippen LogP contribution in [0.15, 0.2) is 18.2 Å². The first-order valence-corrected chi connectivity index (χ1v) is 7.90. The second kappa shape index (κ2) is 7.34. The van der Waals surface area contributed by atoms with Gasteiger partial charge in [0.05, 0.1) is 10.0 Å². The number of amides is 2. The standard InChI is InChI=1S/C14H15Cl3N2O2/c15-4-3-13(20)18-5-7-19(8-6-18)14(21)10-1-2-11(16)12(17)9-10/h1-2,9H,3-8H2. The Kier molecular flexibility index (Phi) is 5.73. The Hall–Kier alpha value is -0.970. The summed E-state index contributed by atoms with van der Waals surface area (Å²) in [5, 5.41) is 0.781. The highest BCUT2D eigenvalue weighted by atomic mass is 35.5. The van der Waals surface area contributed by atoms with Gasteiger partial charge in [0.15, 0.2) is 0 Å². The summed E-state index contributed by atoms with van der Waals surface area (Å²) in [6.07, 6.45) is 0.336. The average Bonchev–Trinajstić information content (AvgIpc) is 2.50. The molecule has 1 aliphatic heterocycles. The number of hydrogen-bond acceptors (Lipinski definition) is 2. The predicted octanol–water partition coefficient (Wildman–Crippen LogP) is 2.91. The van der Waals surface area contributed by atoms with E-state index in [1.165, 1.54) is 0 Å². The molecule has 1 aromatic rings. The van der Waals surface area contributed by atoms with Crippen LogP contribution in [0.2, 0.25) is 10.0 Å². The summed E-state index contributed by atoms with van der Waals surface area (Å²) < 4.78 is 0. The lowest BCUT2D eigenvalue weighted by atomic mass is 10.2. The summed E-state index contributed by atoms with van der Waals surface area (Å²) in [5.41, 5.74) is 0.505. The lowest BCUT2D eigenvalue weighted by molar-refractivity contribution is -0.132. The molecular formula is C14H15Cl3N2O2. The first-order chi connectivity index (χ1) is 10.0. The number of carbonyl (C=O) groups is 2. The molecule has 2 amide bonds. The minimum atomic E-state index is -0.0991. The zero-order valence-electron chi connectivity index (χ0n) is 11.3. The number of carbonyl (C=O) groups excluding carboxylic acids is 2. The van der Waals surface area contributed by atoms with Gasteiger partial charge in [-0.2, -0.15) is 0 Å². The number of alkyl halides is 1. The Bertz CT molecular complexity index is 543. The number of hydrogen-bond donors (Lipinski definition) is 0. The van der Waals surface area contributed by atoms with Crippen molar-refractivity contribution in [2.24, 2.45) is 0 Å². The van der Waals surface area contributed by atoms with Crippen LogP contribution in [0.4, 0.5) is 0 Å². The van der Waals surface area contributed by atoms with Crippen molar-refractivity contribution in [1.82, 2.24) is 9.80 Å². The van der Waals surface area contributed by atoms with E-state index in [9.17, 15) is 9.59 Å². The van der Waals surface area contributed by atoms with Crippen LogP contribution < -0.4 is 0 Å². The van der Waals surface area contributed by atoms with E-state index in [2.05, 4.69) is 0 Å². The minimum absolute atomic E-state index is 0.0339. The maximum atomic E-state index is 12.4. The molecule has 0 radical (unpaired) electrons. The Morgan fingerprint density at radius 1 is 1.00 bits per heavy atom. The lowest BCUT2D eigenvalue weighted by Gasteiger charge is -2.34. The molecule has 0 atom stereocenters. The molecule has 7 heteroatoms. The minimum Gasteiger partial charge on any atom is -0.339 e. The molecule has 0 N–H and O–H groups in total. The van der Waals surface area contributed by atoms with Crippen molar-refractivity contribution in [2.45, 2.75) is 6.42 Å². The van der Waals surface area contributed by atoms with E-state index >= 15 is 0 Å². The van der Waals surface area contributed by atoms with Gasteiger partial charge in [0.1, 0.15) is 0 Å². The fourth-order valence-electron chi connectivity index (χ4n) is 2.21. The summed E-state index contributed by atoms with van der Waals surface area (Å²) in [7, 11) is 0. The van der Waals surface area contributed by atoms with Gasteiger partial charge in [0, 0.05) is 44.0 Å². The second-order valence-electron chi connectivity index (χ2n) is 4.74. The Morgan fingerprint density at radius 3 is 2.19 bits per heavy atom. The monoisotopic (exact) mass is 348 g/mol. The summed E-state index contributed by atoms with van der Waals surface area (Å²) >= 11 is 17.3. The first kappa shape index (κ1) is 16.4. The van der Waals surface area contributed by atoms with Crippen molar-refractivity contribution in [2.75, 3.05) is 32.1 Å². The quantitative estimate of drug-likeness (QED) is 0.787. The molecule has 21 heavy (non-hydrogen) atoms. The Morgan fingerprint density at radius 2 is 1.62 bits per heavy atom. The van der Waals surface area contributed by atoms with Gasteiger partial charge in [-0.1, -0.05) is 23.2 Å². The van der Waals surface area contributed by atoms with E-state index in [0.29, 0.717) is 54.1 Å². The molecular weight excluding hydrogens is 335 g/mol. The molecule has 0 bridgehead atoms. The SMILES string of the molecule is O=C(CCCl)N1CCN(C(=O)c2ccc(Cl)c(Cl)c2)CC1. The van der Waals surface area contributed by atoms with E-state index in [4.69, 9.17) is 34.8 Å². The third kappa shape index (κ3) is 4.02. The topological polar surface area (TPSA) is 40.6 Å². The molecule has 1 aliphatic rings. The molecule has 2 rings (SSSR count). The zero-order chi connectivity index (χ0) is 15.4. The molecule has 0 spiro atoms. The smallest absolute Gasteiger partial charge is 0.254 e. The summed E-state index contributed by atoms with van der Waals surface area (Å²) in [6.45, 7) is 2.08. The van der Waals surface area contributed by atoms with Crippen LogP contribution in [0, 0.1) is 0 Å². The summed E-state index contributed by atoms with van der Waals surface area (Å²) in [4.78, 5) is 27.5. The maximum absolute atomic E-state index is 12.4. The molecule has 1 saturated heterocycles. The number of piperazine rings is 1. The fraction of sp³-hybridized carbons (Fsp3) is 0.429. The molecule has 0 aromatic heterocycles. The molecule has 114 valence electrons. The predicted molar refractivity (Wildman–Crippen MR) is 84.3 cm³/mol. The Labute approximate surface area is 138 Å². The van der Waals surface area contributed by atoms with Crippen LogP contribution in [0.1, 0.15) is 16.8 Å². The first-order valence-electron chi connectivity index (χ1n) is 6.61. The highest BCUT2D eigenvalue weighted by Crippen LogP contribution is 2.23. The van der Waals surface area contributed by atoms with Crippen molar-refractivity contribution in [3.05, 3.63) is 33.8 Å². The van der Waals surface area contributed by atoms with Gasteiger partial charge in [0.2, 0.25) is 5.91 Å². The molecule has 1 heterocycles. The van der Waals surface area contributed by atoms with E-state index in [-0.39, 0.29) is 11.8 Å². The van der Waals surface area contributed by atoms with Gasteiger partial charge in [-0.3, -0.25) is 9.59 Å². The van der Waals surface area contributed by atoms with Gasteiger partial charge in [-0.05, 0) is 18.2 Å². The van der Waals surface area contributed by atoms with Crippen molar-refractivity contribution < 1.29 is 9.59 Å². The van der Waals surface area contributed by atoms with Gasteiger partial charge in [0.25, 0.3) is 5.91 Å². The van der Waals surface area contributed by atoms with Crippen molar-refractivity contribution in [3.8, 4) is 0 Å². The van der Waals surface area contributed by atoms with Crippen LogP contribution in [-0.4, -0.2) is 53.7 Å². The van der Waals surface area contributed by atoms with E-state index < -0.39 is 0 Å². The van der Waals surface area contributed by atoms with Crippen LogP contribution in [0.3, 0.4) is 0 Å². The van der Waals surface area contributed by atoms with Crippen molar-refractivity contribution in [1.29, 1.82) is 0 Å². The van der Waals surface area contributed by atoms with Crippen molar-refractivity contribution >= 4 is 46.6 Å². The van der Waals surface area contributed by atoms with E-state index in [1.54, 1.807) is 28.0 Å². The summed E-state index contributed by atoms with van der Waals surface area (Å²) in [5.74, 6) is 0.256. The van der Waals surface area contributed by atoms with Crippen LogP contribution in [0.25, 0.3) is 0 Å². The molecule has 1 aromatic carbocycles. The molecule has 1 fully saturated rings. The average molecular weight is 350 g/mol. The van der Waals surface area contributed by atoms with E-state index in [0.717, 1.165) is 0 Å². The highest BCUT2D eigenvalue weighted by Gasteiger charge is 2.24.